The molecule has 0 bridgehead atoms. The predicted molar refractivity (Wildman–Crippen MR) is 73.0 cm³/mol. The minimum absolute atomic E-state index is 0.256. The number of methoxy groups -OCH3 is 1. The van der Waals surface area contributed by atoms with Gasteiger partial charge in [0.05, 0.1) is 19.4 Å². The van der Waals surface area contributed by atoms with Crippen molar-refractivity contribution in [1.29, 1.82) is 0 Å². The van der Waals surface area contributed by atoms with Crippen molar-refractivity contribution in [3.05, 3.63) is 12.1 Å². The monoisotopic (exact) mass is 293 g/mol. The van der Waals surface area contributed by atoms with E-state index in [1.807, 2.05) is 6.92 Å². The fourth-order valence-electron chi connectivity index (χ4n) is 1.78. The number of carboxylic acid groups (broad SMARTS) is 1. The smallest absolute Gasteiger partial charge is 0.327 e. The van der Waals surface area contributed by atoms with Crippen LogP contribution in [0.1, 0.15) is 6.92 Å². The van der Waals surface area contributed by atoms with E-state index in [0.717, 1.165) is 4.80 Å². The Morgan fingerprint density at radius 3 is 2.86 bits per heavy atom. The van der Waals surface area contributed by atoms with Crippen LogP contribution in [0.4, 0.5) is 5.69 Å². The van der Waals surface area contributed by atoms with Crippen molar-refractivity contribution in [2.24, 2.45) is 0 Å². The van der Waals surface area contributed by atoms with E-state index in [0.29, 0.717) is 29.4 Å². The van der Waals surface area contributed by atoms with E-state index in [1.54, 1.807) is 12.1 Å². The molecule has 0 saturated heterocycles. The van der Waals surface area contributed by atoms with E-state index in [4.69, 9.17) is 20.3 Å². The molecular formula is C12H15N5O4. The summed E-state index contributed by atoms with van der Waals surface area (Å²) < 4.78 is 10.6. The lowest BCUT2D eigenvalue weighted by atomic mass is 10.1. The second-order valence-corrected chi connectivity index (χ2v) is 4.07. The lowest BCUT2D eigenvalue weighted by Crippen LogP contribution is -2.11. The molecule has 1 aromatic heterocycles. The van der Waals surface area contributed by atoms with Gasteiger partial charge < -0.3 is 20.3 Å². The molecule has 9 nitrogen and oxygen atoms in total. The number of carboxylic acids is 1. The number of rotatable bonds is 6. The SMILES string of the molecule is CCOc1cc(-c2nnn(CC(=O)O)n2)cc(N)c1OC. The van der Waals surface area contributed by atoms with E-state index in [-0.39, 0.29) is 12.4 Å². The Kier molecular flexibility index (Phi) is 4.21. The summed E-state index contributed by atoms with van der Waals surface area (Å²) in [6.45, 7) is 1.92. The van der Waals surface area contributed by atoms with Crippen LogP contribution in [-0.2, 0) is 11.3 Å². The van der Waals surface area contributed by atoms with Crippen LogP contribution in [0.2, 0.25) is 0 Å². The first-order valence-electron chi connectivity index (χ1n) is 6.15. The van der Waals surface area contributed by atoms with Gasteiger partial charge in [0.15, 0.2) is 18.0 Å². The molecule has 112 valence electrons. The van der Waals surface area contributed by atoms with Gasteiger partial charge in [-0.3, -0.25) is 4.79 Å². The number of benzene rings is 1. The topological polar surface area (TPSA) is 125 Å². The second kappa shape index (κ2) is 6.07. The standard InChI is InChI=1S/C12H15N5O4/c1-3-21-9-5-7(4-8(13)11(9)20-2)12-14-16-17(15-12)6-10(18)19/h4-5H,3,6,13H2,1-2H3,(H,18,19). The first-order chi connectivity index (χ1) is 10.0. The van der Waals surface area contributed by atoms with Crippen LogP contribution in [-0.4, -0.2) is 45.0 Å². The molecule has 0 atom stereocenters. The summed E-state index contributed by atoms with van der Waals surface area (Å²) >= 11 is 0. The molecule has 2 rings (SSSR count). The molecule has 0 unspecified atom stereocenters. The largest absolute Gasteiger partial charge is 0.491 e. The Morgan fingerprint density at radius 2 is 2.24 bits per heavy atom. The van der Waals surface area contributed by atoms with Crippen molar-refractivity contribution in [3.8, 4) is 22.9 Å². The van der Waals surface area contributed by atoms with E-state index in [9.17, 15) is 4.79 Å². The van der Waals surface area contributed by atoms with Gasteiger partial charge in [0.2, 0.25) is 5.82 Å². The molecule has 9 heteroatoms. The molecule has 2 aromatic rings. The van der Waals surface area contributed by atoms with Gasteiger partial charge in [0.25, 0.3) is 0 Å². The zero-order chi connectivity index (χ0) is 15.4. The van der Waals surface area contributed by atoms with Crippen LogP contribution in [0.3, 0.4) is 0 Å². The minimum atomic E-state index is -1.05. The van der Waals surface area contributed by atoms with Crippen LogP contribution in [0, 0.1) is 0 Å². The summed E-state index contributed by atoms with van der Waals surface area (Å²) in [4.78, 5) is 11.6. The predicted octanol–water partition coefficient (Wildman–Crippen LogP) is 0.414. The van der Waals surface area contributed by atoms with Gasteiger partial charge in [-0.1, -0.05) is 0 Å². The molecule has 21 heavy (non-hydrogen) atoms. The molecule has 0 amide bonds. The van der Waals surface area contributed by atoms with E-state index >= 15 is 0 Å². The summed E-state index contributed by atoms with van der Waals surface area (Å²) in [6, 6.07) is 3.28. The van der Waals surface area contributed by atoms with Crippen molar-refractivity contribution in [2.45, 2.75) is 13.5 Å². The second-order valence-electron chi connectivity index (χ2n) is 4.07. The molecule has 0 aliphatic rings. The molecule has 3 N–H and O–H groups in total. The number of hydrogen-bond acceptors (Lipinski definition) is 7. The van der Waals surface area contributed by atoms with Crippen LogP contribution in [0.5, 0.6) is 11.5 Å². The third-order valence-corrected chi connectivity index (χ3v) is 2.58. The van der Waals surface area contributed by atoms with Gasteiger partial charge in [-0.15, -0.1) is 10.2 Å². The van der Waals surface area contributed by atoms with E-state index in [2.05, 4.69) is 15.4 Å². The molecule has 0 aliphatic carbocycles. The van der Waals surface area contributed by atoms with Gasteiger partial charge in [0, 0.05) is 5.56 Å². The first-order valence-corrected chi connectivity index (χ1v) is 6.15. The number of nitrogens with two attached hydrogens (primary N) is 1. The highest BCUT2D eigenvalue weighted by molar-refractivity contribution is 5.71. The van der Waals surface area contributed by atoms with Crippen LogP contribution in [0.25, 0.3) is 11.4 Å². The van der Waals surface area contributed by atoms with E-state index < -0.39 is 5.97 Å². The highest BCUT2D eigenvalue weighted by Gasteiger charge is 2.15. The Bertz CT molecular complexity index is 655. The molecule has 1 heterocycles. The molecule has 1 aromatic carbocycles. The minimum Gasteiger partial charge on any atom is -0.491 e. The van der Waals surface area contributed by atoms with Gasteiger partial charge in [0.1, 0.15) is 0 Å². The fourth-order valence-corrected chi connectivity index (χ4v) is 1.78. The first kappa shape index (κ1) is 14.6. The Labute approximate surface area is 120 Å². The third kappa shape index (κ3) is 3.19. The number of carbonyl (C=O) groups is 1. The summed E-state index contributed by atoms with van der Waals surface area (Å²) in [5.74, 6) is 0.0952. The molecule has 0 aliphatic heterocycles. The Balaban J connectivity index is 2.39. The maximum absolute atomic E-state index is 10.6. The number of hydrogen-bond donors (Lipinski definition) is 2. The Morgan fingerprint density at radius 1 is 1.48 bits per heavy atom. The lowest BCUT2D eigenvalue weighted by molar-refractivity contribution is -0.138. The quantitative estimate of drug-likeness (QED) is 0.734. The summed E-state index contributed by atoms with van der Waals surface area (Å²) in [5, 5.41) is 20.1. The number of ether oxygens (including phenoxy) is 2. The zero-order valence-corrected chi connectivity index (χ0v) is 11.6. The number of anilines is 1. The normalized spacial score (nSPS) is 10.4. The third-order valence-electron chi connectivity index (χ3n) is 2.58. The van der Waals surface area contributed by atoms with Crippen molar-refractivity contribution < 1.29 is 19.4 Å². The van der Waals surface area contributed by atoms with Gasteiger partial charge in [-0.2, -0.15) is 4.80 Å². The van der Waals surface area contributed by atoms with Crippen LogP contribution >= 0.6 is 0 Å². The fraction of sp³-hybridized carbons (Fsp3) is 0.333. The van der Waals surface area contributed by atoms with Crippen LogP contribution in [0.15, 0.2) is 12.1 Å². The van der Waals surface area contributed by atoms with Crippen molar-refractivity contribution in [2.75, 3.05) is 19.5 Å². The number of aliphatic carboxylic acids is 1. The molecular weight excluding hydrogens is 278 g/mol. The van der Waals surface area contributed by atoms with Gasteiger partial charge >= 0.3 is 5.97 Å². The Hall–Kier alpha value is -2.84. The zero-order valence-electron chi connectivity index (χ0n) is 11.6. The average molecular weight is 293 g/mol. The average Bonchev–Trinajstić information content (AvgIpc) is 2.86. The maximum atomic E-state index is 10.6. The molecule has 0 saturated carbocycles. The highest BCUT2D eigenvalue weighted by Crippen LogP contribution is 2.37. The number of nitrogen functional groups attached to an aromatic ring is 1. The summed E-state index contributed by atoms with van der Waals surface area (Å²) in [5.41, 5.74) is 6.84. The summed E-state index contributed by atoms with van der Waals surface area (Å²) in [7, 11) is 1.50. The molecule has 0 radical (unpaired) electrons. The number of nitrogens with zero attached hydrogens (tertiary/aromatic N) is 4. The molecule has 0 fully saturated rings. The van der Waals surface area contributed by atoms with Crippen molar-refractivity contribution in [3.63, 3.8) is 0 Å². The van der Waals surface area contributed by atoms with Crippen LogP contribution < -0.4 is 15.2 Å². The maximum Gasteiger partial charge on any atom is 0.327 e. The van der Waals surface area contributed by atoms with E-state index in [1.165, 1.54) is 7.11 Å². The lowest BCUT2D eigenvalue weighted by Gasteiger charge is -2.12. The number of tetrazole rings is 1. The van der Waals surface area contributed by atoms with Crippen molar-refractivity contribution in [1.82, 2.24) is 20.2 Å². The number of aromatic nitrogens is 4. The highest BCUT2D eigenvalue weighted by atomic mass is 16.5. The van der Waals surface area contributed by atoms with Gasteiger partial charge in [-0.05, 0) is 24.3 Å². The summed E-state index contributed by atoms with van der Waals surface area (Å²) in [6.07, 6.45) is 0. The molecule has 0 spiro atoms. The van der Waals surface area contributed by atoms with Gasteiger partial charge in [-0.25, -0.2) is 0 Å². The van der Waals surface area contributed by atoms with Crippen molar-refractivity contribution >= 4 is 11.7 Å².